The molecular formula is C15H14Cl2N2O. The highest BCUT2D eigenvalue weighted by Gasteiger charge is 2.08. The lowest BCUT2D eigenvalue weighted by Gasteiger charge is -2.12. The van der Waals surface area contributed by atoms with Crippen molar-refractivity contribution >= 4 is 46.0 Å². The third-order valence-corrected chi connectivity index (χ3v) is 3.68. The molecule has 5 heteroatoms. The summed E-state index contributed by atoms with van der Waals surface area (Å²) in [7, 11) is 0. The first-order valence-electron chi connectivity index (χ1n) is 6.01. The highest BCUT2D eigenvalue weighted by atomic mass is 35.5. The number of Topliss-reactive ketones (excluding diaryl/α,β-unsaturated/α-hetero) is 1. The lowest BCUT2D eigenvalue weighted by atomic mass is 10.1. The summed E-state index contributed by atoms with van der Waals surface area (Å²) in [6.07, 6.45) is 0. The van der Waals surface area contributed by atoms with E-state index in [1.807, 2.05) is 6.92 Å². The Bertz CT molecular complexity index is 684. The third kappa shape index (κ3) is 3.06. The Balaban J connectivity index is 2.38. The predicted octanol–water partition coefficient (Wildman–Crippen LogP) is 4.83. The van der Waals surface area contributed by atoms with E-state index >= 15 is 0 Å². The summed E-state index contributed by atoms with van der Waals surface area (Å²) in [6.45, 7) is 3.36. The van der Waals surface area contributed by atoms with E-state index in [1.165, 1.54) is 6.92 Å². The van der Waals surface area contributed by atoms with Crippen LogP contribution in [0.4, 0.5) is 17.1 Å². The molecule has 2 aromatic rings. The third-order valence-electron chi connectivity index (χ3n) is 2.96. The smallest absolute Gasteiger partial charge is 0.161 e. The number of aryl methyl sites for hydroxylation is 1. The molecule has 0 aliphatic carbocycles. The lowest BCUT2D eigenvalue weighted by Crippen LogP contribution is -2.01. The number of nitrogens with one attached hydrogen (secondary N) is 1. The van der Waals surface area contributed by atoms with Crippen molar-refractivity contribution in [3.05, 3.63) is 51.5 Å². The van der Waals surface area contributed by atoms with Gasteiger partial charge in [-0.1, -0.05) is 23.2 Å². The predicted molar refractivity (Wildman–Crippen MR) is 85.3 cm³/mol. The van der Waals surface area contributed by atoms with Gasteiger partial charge in [0.05, 0.1) is 10.7 Å². The van der Waals surface area contributed by atoms with Gasteiger partial charge >= 0.3 is 0 Å². The number of ketones is 1. The van der Waals surface area contributed by atoms with Crippen molar-refractivity contribution in [1.82, 2.24) is 0 Å². The van der Waals surface area contributed by atoms with Crippen molar-refractivity contribution in [2.24, 2.45) is 0 Å². The van der Waals surface area contributed by atoms with Crippen LogP contribution in [-0.2, 0) is 0 Å². The van der Waals surface area contributed by atoms with Gasteiger partial charge in [0.15, 0.2) is 5.78 Å². The second kappa shape index (κ2) is 5.73. The first-order chi connectivity index (χ1) is 9.38. The molecule has 0 radical (unpaired) electrons. The van der Waals surface area contributed by atoms with E-state index in [1.54, 1.807) is 30.3 Å². The van der Waals surface area contributed by atoms with Crippen LogP contribution in [0.2, 0.25) is 10.0 Å². The number of hydrogen-bond donors (Lipinski definition) is 2. The normalized spacial score (nSPS) is 10.4. The van der Waals surface area contributed by atoms with Crippen LogP contribution in [0.5, 0.6) is 0 Å². The Labute approximate surface area is 127 Å². The number of nitrogens with two attached hydrogens (primary N) is 1. The average molecular weight is 309 g/mol. The summed E-state index contributed by atoms with van der Waals surface area (Å²) in [5.74, 6) is -0.0841. The van der Waals surface area contributed by atoms with Gasteiger partial charge in [-0.2, -0.15) is 0 Å². The Kier molecular flexibility index (Phi) is 4.21. The molecule has 0 fully saturated rings. The van der Waals surface area contributed by atoms with Crippen LogP contribution in [0.1, 0.15) is 22.8 Å². The molecular weight excluding hydrogens is 295 g/mol. The molecule has 3 nitrogen and oxygen atoms in total. The maximum absolute atomic E-state index is 11.5. The second-order valence-corrected chi connectivity index (χ2v) is 5.38. The Hall–Kier alpha value is -1.71. The zero-order valence-electron chi connectivity index (χ0n) is 11.1. The highest BCUT2D eigenvalue weighted by Crippen LogP contribution is 2.31. The summed E-state index contributed by atoms with van der Waals surface area (Å²) in [6, 6.07) is 8.70. The zero-order chi connectivity index (χ0) is 14.9. The molecule has 0 bridgehead atoms. The Morgan fingerprint density at radius 1 is 1.15 bits per heavy atom. The van der Waals surface area contributed by atoms with Gasteiger partial charge in [0.2, 0.25) is 0 Å². The van der Waals surface area contributed by atoms with Gasteiger partial charge in [-0.25, -0.2) is 0 Å². The van der Waals surface area contributed by atoms with Gasteiger partial charge in [-0.05, 0) is 49.7 Å². The topological polar surface area (TPSA) is 55.1 Å². The van der Waals surface area contributed by atoms with E-state index in [4.69, 9.17) is 28.9 Å². The number of benzene rings is 2. The lowest BCUT2D eigenvalue weighted by molar-refractivity contribution is 0.101. The van der Waals surface area contributed by atoms with E-state index in [0.29, 0.717) is 27.0 Å². The van der Waals surface area contributed by atoms with Crippen LogP contribution in [-0.4, -0.2) is 5.78 Å². The number of halogens is 2. The van der Waals surface area contributed by atoms with E-state index in [-0.39, 0.29) is 5.78 Å². The number of hydrogen-bond acceptors (Lipinski definition) is 3. The molecule has 0 atom stereocenters. The van der Waals surface area contributed by atoms with E-state index in [0.717, 1.165) is 11.3 Å². The molecule has 0 amide bonds. The molecule has 2 aromatic carbocycles. The quantitative estimate of drug-likeness (QED) is 0.630. The summed E-state index contributed by atoms with van der Waals surface area (Å²) >= 11 is 12.3. The van der Waals surface area contributed by atoms with Crippen LogP contribution in [0.15, 0.2) is 30.3 Å². The molecule has 3 N–H and O–H groups in total. The molecule has 0 saturated carbocycles. The molecule has 0 aliphatic heterocycles. The molecule has 0 saturated heterocycles. The monoisotopic (exact) mass is 308 g/mol. The van der Waals surface area contributed by atoms with Crippen molar-refractivity contribution in [2.45, 2.75) is 13.8 Å². The first-order valence-corrected chi connectivity index (χ1v) is 6.77. The van der Waals surface area contributed by atoms with Gasteiger partial charge in [-0.3, -0.25) is 4.79 Å². The van der Waals surface area contributed by atoms with Gasteiger partial charge in [0.1, 0.15) is 0 Å². The van der Waals surface area contributed by atoms with E-state index in [9.17, 15) is 4.79 Å². The van der Waals surface area contributed by atoms with Crippen molar-refractivity contribution in [3.63, 3.8) is 0 Å². The zero-order valence-corrected chi connectivity index (χ0v) is 12.6. The standard InChI is InChI=1S/C15H14Cl2N2O/c1-8-5-13(17)15(7-12(8)16)19-10-3-4-14(18)11(6-10)9(2)20/h3-7,19H,18H2,1-2H3. The summed E-state index contributed by atoms with van der Waals surface area (Å²) in [5, 5.41) is 4.33. The van der Waals surface area contributed by atoms with Crippen molar-refractivity contribution in [1.29, 1.82) is 0 Å². The van der Waals surface area contributed by atoms with Crippen LogP contribution in [0.3, 0.4) is 0 Å². The summed E-state index contributed by atoms with van der Waals surface area (Å²) in [4.78, 5) is 11.5. The molecule has 0 aliphatic rings. The average Bonchev–Trinajstić information content (AvgIpc) is 2.37. The molecule has 2 rings (SSSR count). The van der Waals surface area contributed by atoms with Gasteiger partial charge in [0, 0.05) is 22.0 Å². The summed E-state index contributed by atoms with van der Waals surface area (Å²) in [5.41, 5.74) is 9.01. The Morgan fingerprint density at radius 2 is 1.85 bits per heavy atom. The van der Waals surface area contributed by atoms with Crippen molar-refractivity contribution in [3.8, 4) is 0 Å². The van der Waals surface area contributed by atoms with Crippen LogP contribution in [0.25, 0.3) is 0 Å². The van der Waals surface area contributed by atoms with Gasteiger partial charge in [-0.15, -0.1) is 0 Å². The molecule has 20 heavy (non-hydrogen) atoms. The fraction of sp³-hybridized carbons (Fsp3) is 0.133. The first kappa shape index (κ1) is 14.7. The number of carbonyl (C=O) groups is 1. The number of anilines is 3. The molecule has 0 unspecified atom stereocenters. The van der Waals surface area contributed by atoms with Crippen LogP contribution in [0, 0.1) is 6.92 Å². The Morgan fingerprint density at radius 3 is 2.50 bits per heavy atom. The maximum Gasteiger partial charge on any atom is 0.161 e. The van der Waals surface area contributed by atoms with E-state index in [2.05, 4.69) is 5.32 Å². The minimum Gasteiger partial charge on any atom is -0.398 e. The maximum atomic E-state index is 11.5. The molecule has 0 aromatic heterocycles. The minimum absolute atomic E-state index is 0.0841. The number of rotatable bonds is 3. The van der Waals surface area contributed by atoms with Gasteiger partial charge < -0.3 is 11.1 Å². The molecule has 0 spiro atoms. The molecule has 104 valence electrons. The van der Waals surface area contributed by atoms with Gasteiger partial charge in [0.25, 0.3) is 0 Å². The molecule has 0 heterocycles. The number of nitrogen functional groups attached to an aromatic ring is 1. The largest absolute Gasteiger partial charge is 0.398 e. The fourth-order valence-corrected chi connectivity index (χ4v) is 2.27. The second-order valence-electron chi connectivity index (χ2n) is 4.56. The SMILES string of the molecule is CC(=O)c1cc(Nc2cc(Cl)c(C)cc2Cl)ccc1N. The van der Waals surface area contributed by atoms with Crippen molar-refractivity contribution in [2.75, 3.05) is 11.1 Å². The van der Waals surface area contributed by atoms with Crippen LogP contribution >= 0.6 is 23.2 Å². The fourth-order valence-electron chi connectivity index (χ4n) is 1.84. The summed E-state index contributed by atoms with van der Waals surface area (Å²) < 4.78 is 0. The van der Waals surface area contributed by atoms with E-state index < -0.39 is 0 Å². The highest BCUT2D eigenvalue weighted by molar-refractivity contribution is 6.35. The van der Waals surface area contributed by atoms with Crippen molar-refractivity contribution < 1.29 is 4.79 Å². The number of carbonyl (C=O) groups excluding carboxylic acids is 1. The van der Waals surface area contributed by atoms with Crippen LogP contribution < -0.4 is 11.1 Å². The minimum atomic E-state index is -0.0841.